The highest BCUT2D eigenvalue weighted by molar-refractivity contribution is 7.80. The molecule has 2 rings (SSSR count). The molecule has 0 N–H and O–H groups in total. The number of aromatic nitrogens is 2. The summed E-state index contributed by atoms with van der Waals surface area (Å²) in [6.07, 6.45) is 7.06. The Kier molecular flexibility index (Phi) is 2.49. The second kappa shape index (κ2) is 3.62. The van der Waals surface area contributed by atoms with Gasteiger partial charge < -0.3 is 0 Å². The Labute approximate surface area is 82.8 Å². The highest BCUT2D eigenvalue weighted by Crippen LogP contribution is 2.33. The van der Waals surface area contributed by atoms with Crippen LogP contribution in [-0.2, 0) is 6.54 Å². The number of nitrogens with zero attached hydrogens (tertiary/aromatic N) is 2. The molecule has 13 heavy (non-hydrogen) atoms. The Morgan fingerprint density at radius 2 is 2.23 bits per heavy atom. The molecule has 1 heterocycles. The molecule has 0 radical (unpaired) electrons. The van der Waals surface area contributed by atoms with E-state index in [1.165, 1.54) is 0 Å². The molecule has 0 spiro atoms. The maximum absolute atomic E-state index is 11.7. The van der Waals surface area contributed by atoms with Crippen LogP contribution in [-0.4, -0.2) is 14.9 Å². The summed E-state index contributed by atoms with van der Waals surface area (Å²) in [4.78, 5) is 11.7. The summed E-state index contributed by atoms with van der Waals surface area (Å²) in [7, 11) is 0. The number of rotatable bonds is 4. The molecule has 0 aliphatic heterocycles. The van der Waals surface area contributed by atoms with E-state index in [-0.39, 0.29) is 5.69 Å². The van der Waals surface area contributed by atoms with Gasteiger partial charge in [-0.3, -0.25) is 9.13 Å². The van der Waals surface area contributed by atoms with Crippen LogP contribution in [0.15, 0.2) is 17.2 Å². The SMILES string of the molecule is O=c1n(CCCS)ccn1C1CC1. The molecule has 0 atom stereocenters. The van der Waals surface area contributed by atoms with Crippen molar-refractivity contribution in [2.45, 2.75) is 31.8 Å². The van der Waals surface area contributed by atoms with E-state index in [1.807, 2.05) is 17.0 Å². The van der Waals surface area contributed by atoms with Crippen LogP contribution in [0.25, 0.3) is 0 Å². The molecule has 1 aliphatic rings. The van der Waals surface area contributed by atoms with E-state index in [2.05, 4.69) is 12.6 Å². The molecule has 4 heteroatoms. The number of imidazole rings is 1. The van der Waals surface area contributed by atoms with Crippen molar-refractivity contribution in [3.05, 3.63) is 22.9 Å². The van der Waals surface area contributed by atoms with E-state index in [0.29, 0.717) is 6.04 Å². The van der Waals surface area contributed by atoms with Gasteiger partial charge in [-0.05, 0) is 25.0 Å². The summed E-state index contributed by atoms with van der Waals surface area (Å²) < 4.78 is 3.62. The standard InChI is InChI=1S/C9H14N2OS/c12-9-10(4-1-7-13)5-6-11(9)8-2-3-8/h5-6,8,13H,1-4,7H2. The highest BCUT2D eigenvalue weighted by atomic mass is 32.1. The minimum absolute atomic E-state index is 0.143. The van der Waals surface area contributed by atoms with Crippen molar-refractivity contribution in [2.24, 2.45) is 0 Å². The van der Waals surface area contributed by atoms with Crippen LogP contribution in [0.5, 0.6) is 0 Å². The van der Waals surface area contributed by atoms with Crippen molar-refractivity contribution in [1.82, 2.24) is 9.13 Å². The predicted octanol–water partition coefficient (Wildman–Crippen LogP) is 1.30. The number of hydrogen-bond acceptors (Lipinski definition) is 2. The molecule has 0 saturated heterocycles. The lowest BCUT2D eigenvalue weighted by atomic mass is 10.5. The quantitative estimate of drug-likeness (QED) is 0.725. The van der Waals surface area contributed by atoms with Gasteiger partial charge in [0.05, 0.1) is 0 Å². The van der Waals surface area contributed by atoms with E-state index in [9.17, 15) is 4.79 Å². The van der Waals surface area contributed by atoms with Crippen molar-refractivity contribution in [3.8, 4) is 0 Å². The Hall–Kier alpha value is -0.640. The molecule has 1 fully saturated rings. The van der Waals surface area contributed by atoms with Crippen LogP contribution in [0, 0.1) is 0 Å². The molecule has 1 aromatic rings. The summed E-state index contributed by atoms with van der Waals surface area (Å²) in [6, 6.07) is 0.491. The summed E-state index contributed by atoms with van der Waals surface area (Å²) in [5.41, 5.74) is 0.143. The minimum atomic E-state index is 0.143. The molecule has 1 aliphatic carbocycles. The summed E-state index contributed by atoms with van der Waals surface area (Å²) in [5, 5.41) is 0. The Bertz CT molecular complexity index is 338. The zero-order valence-corrected chi connectivity index (χ0v) is 8.41. The van der Waals surface area contributed by atoms with Gasteiger partial charge in [0.2, 0.25) is 0 Å². The monoisotopic (exact) mass is 198 g/mol. The lowest BCUT2D eigenvalue weighted by Crippen LogP contribution is -2.23. The first kappa shape index (κ1) is 8.94. The van der Waals surface area contributed by atoms with E-state index in [4.69, 9.17) is 0 Å². The van der Waals surface area contributed by atoms with Crippen LogP contribution in [0.1, 0.15) is 25.3 Å². The fraction of sp³-hybridized carbons (Fsp3) is 0.667. The van der Waals surface area contributed by atoms with E-state index in [0.717, 1.165) is 31.6 Å². The normalized spacial score (nSPS) is 16.4. The number of aryl methyl sites for hydroxylation is 1. The molecule has 0 bridgehead atoms. The van der Waals surface area contributed by atoms with Gasteiger partial charge in [0.1, 0.15) is 0 Å². The molecular formula is C9H14N2OS. The molecule has 0 unspecified atom stereocenters. The largest absolute Gasteiger partial charge is 0.328 e. The third-order valence-electron chi connectivity index (χ3n) is 2.37. The second-order valence-electron chi connectivity index (χ2n) is 3.49. The van der Waals surface area contributed by atoms with Gasteiger partial charge in [-0.15, -0.1) is 0 Å². The highest BCUT2D eigenvalue weighted by Gasteiger charge is 2.25. The van der Waals surface area contributed by atoms with Gasteiger partial charge in [-0.1, -0.05) is 0 Å². The van der Waals surface area contributed by atoms with E-state index < -0.39 is 0 Å². The van der Waals surface area contributed by atoms with Crippen molar-refractivity contribution in [1.29, 1.82) is 0 Å². The number of thiol groups is 1. The van der Waals surface area contributed by atoms with Gasteiger partial charge in [-0.2, -0.15) is 12.6 Å². The first-order valence-electron chi connectivity index (χ1n) is 4.71. The summed E-state index contributed by atoms with van der Waals surface area (Å²) in [5.74, 6) is 0.834. The lowest BCUT2D eigenvalue weighted by Gasteiger charge is -1.98. The summed E-state index contributed by atoms with van der Waals surface area (Å²) in [6.45, 7) is 0.794. The molecule has 0 aromatic carbocycles. The zero-order valence-electron chi connectivity index (χ0n) is 7.52. The average Bonchev–Trinajstić information content (AvgIpc) is 2.89. The topological polar surface area (TPSA) is 26.9 Å². The van der Waals surface area contributed by atoms with Crippen molar-refractivity contribution in [2.75, 3.05) is 5.75 Å². The second-order valence-corrected chi connectivity index (χ2v) is 3.94. The third kappa shape index (κ3) is 1.82. The van der Waals surface area contributed by atoms with Crippen LogP contribution in [0.2, 0.25) is 0 Å². The Morgan fingerprint density at radius 1 is 1.46 bits per heavy atom. The van der Waals surface area contributed by atoms with Crippen LogP contribution in [0.3, 0.4) is 0 Å². The third-order valence-corrected chi connectivity index (χ3v) is 2.69. The van der Waals surface area contributed by atoms with Crippen LogP contribution >= 0.6 is 12.6 Å². The fourth-order valence-electron chi connectivity index (χ4n) is 1.47. The Balaban J connectivity index is 2.13. The van der Waals surface area contributed by atoms with Crippen molar-refractivity contribution in [3.63, 3.8) is 0 Å². The van der Waals surface area contributed by atoms with Crippen LogP contribution < -0.4 is 5.69 Å². The fourth-order valence-corrected chi connectivity index (χ4v) is 1.61. The van der Waals surface area contributed by atoms with Gasteiger partial charge in [-0.25, -0.2) is 4.79 Å². The first-order valence-corrected chi connectivity index (χ1v) is 5.34. The van der Waals surface area contributed by atoms with Gasteiger partial charge >= 0.3 is 5.69 Å². The van der Waals surface area contributed by atoms with Gasteiger partial charge in [0.15, 0.2) is 0 Å². The molecule has 1 saturated carbocycles. The first-order chi connectivity index (χ1) is 6.33. The van der Waals surface area contributed by atoms with Gasteiger partial charge in [0, 0.05) is 25.0 Å². The molecule has 0 amide bonds. The molecule has 1 aromatic heterocycles. The number of hydrogen-bond donors (Lipinski definition) is 1. The zero-order chi connectivity index (χ0) is 9.26. The van der Waals surface area contributed by atoms with E-state index >= 15 is 0 Å². The molecule has 72 valence electrons. The predicted molar refractivity (Wildman–Crippen MR) is 55.4 cm³/mol. The maximum atomic E-state index is 11.7. The molecular weight excluding hydrogens is 184 g/mol. The Morgan fingerprint density at radius 3 is 2.85 bits per heavy atom. The van der Waals surface area contributed by atoms with Crippen molar-refractivity contribution >= 4 is 12.6 Å². The maximum Gasteiger partial charge on any atom is 0.328 e. The lowest BCUT2D eigenvalue weighted by molar-refractivity contribution is 0.614. The average molecular weight is 198 g/mol. The molecule has 3 nitrogen and oxygen atoms in total. The smallest absolute Gasteiger partial charge is 0.299 e. The summed E-state index contributed by atoms with van der Waals surface area (Å²) >= 11 is 4.12. The minimum Gasteiger partial charge on any atom is -0.299 e. The van der Waals surface area contributed by atoms with E-state index in [1.54, 1.807) is 4.57 Å². The van der Waals surface area contributed by atoms with Crippen LogP contribution in [0.4, 0.5) is 0 Å². The van der Waals surface area contributed by atoms with Crippen molar-refractivity contribution < 1.29 is 0 Å². The van der Waals surface area contributed by atoms with Gasteiger partial charge in [0.25, 0.3) is 0 Å².